The van der Waals surface area contributed by atoms with Gasteiger partial charge < -0.3 is 10.2 Å². The van der Waals surface area contributed by atoms with Gasteiger partial charge in [0.15, 0.2) is 0 Å². The summed E-state index contributed by atoms with van der Waals surface area (Å²) in [5, 5.41) is 19.6. The van der Waals surface area contributed by atoms with Crippen molar-refractivity contribution in [2.45, 2.75) is 65.2 Å². The molecule has 0 aliphatic heterocycles. The van der Waals surface area contributed by atoms with Crippen molar-refractivity contribution in [1.82, 2.24) is 0 Å². The van der Waals surface area contributed by atoms with Gasteiger partial charge in [-0.3, -0.25) is 4.79 Å². The average molecular weight is 318 g/mol. The quantitative estimate of drug-likeness (QED) is 0.756. The monoisotopic (exact) mass is 318 g/mol. The van der Waals surface area contributed by atoms with E-state index in [4.69, 9.17) is 0 Å². The van der Waals surface area contributed by atoms with Gasteiger partial charge >= 0.3 is 5.97 Å². The Balaban J connectivity index is 1.75. The number of carboxylic acids is 1. The normalized spacial score (nSPS) is 51.6. The molecular formula is C20H30O3. The van der Waals surface area contributed by atoms with Crippen molar-refractivity contribution in [3.05, 3.63) is 11.6 Å². The second kappa shape index (κ2) is 4.84. The summed E-state index contributed by atoms with van der Waals surface area (Å²) in [6, 6.07) is 0. The first kappa shape index (κ1) is 15.7. The Morgan fingerprint density at radius 3 is 2.65 bits per heavy atom. The summed E-state index contributed by atoms with van der Waals surface area (Å²) in [5.74, 6) is 0.912. The minimum absolute atomic E-state index is 0.149. The summed E-state index contributed by atoms with van der Waals surface area (Å²) < 4.78 is 0. The van der Waals surface area contributed by atoms with E-state index in [2.05, 4.69) is 13.0 Å². The van der Waals surface area contributed by atoms with Gasteiger partial charge in [-0.1, -0.05) is 19.4 Å². The van der Waals surface area contributed by atoms with Crippen LogP contribution in [-0.4, -0.2) is 22.8 Å². The van der Waals surface area contributed by atoms with Gasteiger partial charge in [-0.2, -0.15) is 0 Å². The van der Waals surface area contributed by atoms with E-state index in [1.807, 2.05) is 6.92 Å². The van der Waals surface area contributed by atoms with E-state index in [9.17, 15) is 15.0 Å². The zero-order valence-electron chi connectivity index (χ0n) is 14.5. The zero-order chi connectivity index (χ0) is 16.5. The van der Waals surface area contributed by atoms with E-state index in [1.54, 1.807) is 0 Å². The lowest BCUT2D eigenvalue weighted by atomic mass is 9.41. The standard InChI is InChI=1S/C20H30O3/c1-18-7-3-8-19(2,17(22)23)15(18)6-9-20-10-13(4-5-16(18)20)14(11-20)12-21/h11,13,15-16,21H,3-10,12H2,1-2H3,(H,22,23)/t13-,15+,16+,18-,19-,20+/m1/s1. The maximum absolute atomic E-state index is 12.0. The fourth-order valence-corrected chi connectivity index (χ4v) is 7.48. The van der Waals surface area contributed by atoms with E-state index in [0.29, 0.717) is 17.8 Å². The van der Waals surface area contributed by atoms with Crippen LogP contribution >= 0.6 is 0 Å². The first-order valence-corrected chi connectivity index (χ1v) is 9.42. The highest BCUT2D eigenvalue weighted by molar-refractivity contribution is 5.75. The number of fused-ring (bicyclic) bond motifs is 3. The summed E-state index contributed by atoms with van der Waals surface area (Å²) in [5.41, 5.74) is 1.12. The van der Waals surface area contributed by atoms with E-state index in [0.717, 1.165) is 25.7 Å². The number of aliphatic hydroxyl groups excluding tert-OH is 1. The van der Waals surface area contributed by atoms with Crippen LogP contribution in [0, 0.1) is 34.0 Å². The molecule has 3 nitrogen and oxygen atoms in total. The number of aliphatic carboxylic acids is 1. The number of carboxylic acid groups (broad SMARTS) is 1. The van der Waals surface area contributed by atoms with Gasteiger partial charge in [0, 0.05) is 0 Å². The summed E-state index contributed by atoms with van der Waals surface area (Å²) in [6.45, 7) is 4.62. The van der Waals surface area contributed by atoms with Gasteiger partial charge in [-0.25, -0.2) is 0 Å². The second-order valence-electron chi connectivity index (χ2n) is 9.31. The highest BCUT2D eigenvalue weighted by Gasteiger charge is 2.64. The van der Waals surface area contributed by atoms with Gasteiger partial charge in [0.05, 0.1) is 12.0 Å². The molecule has 4 aliphatic carbocycles. The summed E-state index contributed by atoms with van der Waals surface area (Å²) >= 11 is 0. The molecule has 3 saturated carbocycles. The molecule has 4 aliphatic rings. The van der Waals surface area contributed by atoms with Crippen molar-refractivity contribution in [2.75, 3.05) is 6.61 Å². The molecule has 2 N–H and O–H groups in total. The van der Waals surface area contributed by atoms with Crippen molar-refractivity contribution in [3.63, 3.8) is 0 Å². The maximum atomic E-state index is 12.0. The number of allylic oxidation sites excluding steroid dienone is 1. The van der Waals surface area contributed by atoms with Crippen molar-refractivity contribution in [3.8, 4) is 0 Å². The minimum atomic E-state index is -0.587. The fourth-order valence-electron chi connectivity index (χ4n) is 7.48. The molecule has 128 valence electrons. The van der Waals surface area contributed by atoms with Gasteiger partial charge in [0.25, 0.3) is 0 Å². The van der Waals surface area contributed by atoms with Crippen LogP contribution in [0.3, 0.4) is 0 Å². The lowest BCUT2D eigenvalue weighted by Gasteiger charge is -2.63. The van der Waals surface area contributed by atoms with Crippen LogP contribution in [-0.2, 0) is 4.79 Å². The largest absolute Gasteiger partial charge is 0.481 e. The van der Waals surface area contributed by atoms with Crippen molar-refractivity contribution in [1.29, 1.82) is 0 Å². The second-order valence-corrected chi connectivity index (χ2v) is 9.31. The molecule has 1 spiro atoms. The lowest BCUT2D eigenvalue weighted by Crippen LogP contribution is -2.58. The highest BCUT2D eigenvalue weighted by atomic mass is 16.4. The van der Waals surface area contributed by atoms with E-state index >= 15 is 0 Å². The molecule has 2 bridgehead atoms. The Hall–Kier alpha value is -0.830. The molecule has 0 amide bonds. The van der Waals surface area contributed by atoms with Crippen LogP contribution in [0.4, 0.5) is 0 Å². The third-order valence-corrected chi connectivity index (χ3v) is 8.46. The fraction of sp³-hybridized carbons (Fsp3) is 0.850. The van der Waals surface area contributed by atoms with Gasteiger partial charge in [0.1, 0.15) is 0 Å². The summed E-state index contributed by atoms with van der Waals surface area (Å²) in [7, 11) is 0. The van der Waals surface area contributed by atoms with Gasteiger partial charge in [0.2, 0.25) is 0 Å². The molecule has 3 fully saturated rings. The molecule has 6 atom stereocenters. The number of aliphatic hydroxyl groups is 1. The molecular weight excluding hydrogens is 288 g/mol. The van der Waals surface area contributed by atoms with E-state index in [1.165, 1.54) is 31.3 Å². The van der Waals surface area contributed by atoms with E-state index in [-0.39, 0.29) is 17.4 Å². The molecule has 0 heterocycles. The number of rotatable bonds is 2. The Morgan fingerprint density at radius 1 is 1.17 bits per heavy atom. The Bertz CT molecular complexity index is 567. The Kier molecular flexibility index (Phi) is 3.30. The van der Waals surface area contributed by atoms with Crippen LogP contribution < -0.4 is 0 Å². The molecule has 23 heavy (non-hydrogen) atoms. The Morgan fingerprint density at radius 2 is 1.96 bits per heavy atom. The molecule has 0 aromatic rings. The maximum Gasteiger partial charge on any atom is 0.309 e. The molecule has 0 radical (unpaired) electrons. The Labute approximate surface area is 139 Å². The third-order valence-electron chi connectivity index (χ3n) is 8.46. The molecule has 0 aromatic carbocycles. The first-order chi connectivity index (χ1) is 10.9. The number of carbonyl (C=O) groups is 1. The van der Waals surface area contributed by atoms with Crippen LogP contribution in [0.2, 0.25) is 0 Å². The van der Waals surface area contributed by atoms with Crippen LogP contribution in [0.15, 0.2) is 11.6 Å². The van der Waals surface area contributed by atoms with Crippen molar-refractivity contribution in [2.24, 2.45) is 34.0 Å². The van der Waals surface area contributed by atoms with Gasteiger partial charge in [-0.05, 0) is 86.0 Å². The molecule has 0 unspecified atom stereocenters. The van der Waals surface area contributed by atoms with Crippen molar-refractivity contribution >= 4 is 5.97 Å². The lowest BCUT2D eigenvalue weighted by molar-refractivity contribution is -0.177. The topological polar surface area (TPSA) is 57.5 Å². The average Bonchev–Trinajstić information content (AvgIpc) is 2.77. The van der Waals surface area contributed by atoms with Crippen molar-refractivity contribution < 1.29 is 15.0 Å². The molecule has 4 rings (SSSR count). The smallest absolute Gasteiger partial charge is 0.309 e. The van der Waals surface area contributed by atoms with Crippen LogP contribution in [0.5, 0.6) is 0 Å². The number of hydrogen-bond donors (Lipinski definition) is 2. The molecule has 0 saturated heterocycles. The molecule has 0 aromatic heterocycles. The predicted octanol–water partition coefficient (Wildman–Crippen LogP) is 4.01. The highest BCUT2D eigenvalue weighted by Crippen LogP contribution is 2.70. The van der Waals surface area contributed by atoms with Gasteiger partial charge in [-0.15, -0.1) is 0 Å². The summed E-state index contributed by atoms with van der Waals surface area (Å²) in [4.78, 5) is 12.0. The number of hydrogen-bond acceptors (Lipinski definition) is 2. The third kappa shape index (κ3) is 1.89. The predicted molar refractivity (Wildman–Crippen MR) is 88.9 cm³/mol. The van der Waals surface area contributed by atoms with Crippen LogP contribution in [0.1, 0.15) is 65.2 Å². The summed E-state index contributed by atoms with van der Waals surface area (Å²) in [6.07, 6.45) is 11.3. The first-order valence-electron chi connectivity index (χ1n) is 9.42. The van der Waals surface area contributed by atoms with Crippen LogP contribution in [0.25, 0.3) is 0 Å². The zero-order valence-corrected chi connectivity index (χ0v) is 14.5. The minimum Gasteiger partial charge on any atom is -0.481 e. The molecule has 3 heteroatoms. The van der Waals surface area contributed by atoms with E-state index < -0.39 is 11.4 Å². The SMILES string of the molecule is C[C@@]12CCC[C@@](C)(C(=O)O)[C@H]1CC[C@]13C=C(CO)[C@H](CC[C@H]12)C3.